The van der Waals surface area contributed by atoms with Crippen LogP contribution in [-0.4, -0.2) is 23.2 Å². The van der Waals surface area contributed by atoms with E-state index in [1.165, 1.54) is 24.1 Å². The summed E-state index contributed by atoms with van der Waals surface area (Å²) >= 11 is 0. The molecule has 0 radical (unpaired) electrons. The Labute approximate surface area is 110 Å². The molecule has 3 nitrogen and oxygen atoms in total. The number of aromatic nitrogens is 1. The summed E-state index contributed by atoms with van der Waals surface area (Å²) in [6, 6.07) is 4.62. The summed E-state index contributed by atoms with van der Waals surface area (Å²) in [6.07, 6.45) is 7.46. The molecule has 1 heterocycles. The van der Waals surface area contributed by atoms with Gasteiger partial charge in [-0.25, -0.2) is 0 Å². The first kappa shape index (κ1) is 13.5. The lowest BCUT2D eigenvalue weighted by Crippen LogP contribution is -2.27. The van der Waals surface area contributed by atoms with Gasteiger partial charge in [0.15, 0.2) is 0 Å². The maximum absolute atomic E-state index is 9.07. The third-order valence-corrected chi connectivity index (χ3v) is 3.85. The molecule has 3 heteroatoms. The van der Waals surface area contributed by atoms with Crippen molar-refractivity contribution in [1.82, 2.24) is 10.3 Å². The predicted octanol–water partition coefficient (Wildman–Crippen LogP) is 2.46. The van der Waals surface area contributed by atoms with Gasteiger partial charge in [0.05, 0.1) is 11.7 Å². The average Bonchev–Trinajstić information content (AvgIpc) is 2.80. The molecule has 2 N–H and O–H groups in total. The van der Waals surface area contributed by atoms with E-state index in [0.717, 1.165) is 25.8 Å². The van der Waals surface area contributed by atoms with E-state index in [1.807, 2.05) is 12.3 Å². The highest BCUT2D eigenvalue weighted by Gasteiger charge is 2.23. The number of nitrogens with zero attached hydrogens (tertiary/aromatic N) is 1. The second kappa shape index (κ2) is 6.86. The van der Waals surface area contributed by atoms with Crippen LogP contribution in [0.2, 0.25) is 0 Å². The number of pyridine rings is 1. The van der Waals surface area contributed by atoms with E-state index in [0.29, 0.717) is 18.6 Å². The molecule has 1 aromatic heterocycles. The fourth-order valence-electron chi connectivity index (χ4n) is 2.86. The number of aliphatic hydroxyl groups excluding tert-OH is 1. The molecule has 0 aliphatic heterocycles. The number of aliphatic hydroxyl groups is 1. The minimum Gasteiger partial charge on any atom is -0.396 e. The van der Waals surface area contributed by atoms with Crippen molar-refractivity contribution in [1.29, 1.82) is 0 Å². The topological polar surface area (TPSA) is 45.1 Å². The van der Waals surface area contributed by atoms with E-state index in [1.54, 1.807) is 0 Å². The summed E-state index contributed by atoms with van der Waals surface area (Å²) < 4.78 is 0. The summed E-state index contributed by atoms with van der Waals surface area (Å²) in [4.78, 5) is 4.50. The fourth-order valence-corrected chi connectivity index (χ4v) is 2.86. The summed E-state index contributed by atoms with van der Waals surface area (Å²) in [5.74, 6) is 0.591. The number of hydrogen-bond donors (Lipinski definition) is 2. The quantitative estimate of drug-likeness (QED) is 0.779. The third kappa shape index (κ3) is 3.30. The van der Waals surface area contributed by atoms with E-state index in [-0.39, 0.29) is 0 Å². The first-order valence-electron chi connectivity index (χ1n) is 7.13. The van der Waals surface area contributed by atoms with Crippen molar-refractivity contribution in [3.05, 3.63) is 29.6 Å². The van der Waals surface area contributed by atoms with Gasteiger partial charge in [0.1, 0.15) is 0 Å². The molecule has 0 fully saturated rings. The monoisotopic (exact) mass is 248 g/mol. The molecule has 0 saturated carbocycles. The second-order valence-corrected chi connectivity index (χ2v) is 5.21. The Morgan fingerprint density at radius 1 is 1.50 bits per heavy atom. The van der Waals surface area contributed by atoms with Crippen molar-refractivity contribution in [2.45, 2.75) is 45.1 Å². The fraction of sp³-hybridized carbons (Fsp3) is 0.667. The van der Waals surface area contributed by atoms with Crippen LogP contribution in [0.4, 0.5) is 0 Å². The van der Waals surface area contributed by atoms with Crippen LogP contribution in [0.15, 0.2) is 18.3 Å². The Hall–Kier alpha value is -0.930. The molecule has 2 unspecified atom stereocenters. The smallest absolute Gasteiger partial charge is 0.0605 e. The van der Waals surface area contributed by atoms with Crippen LogP contribution in [0.25, 0.3) is 0 Å². The van der Waals surface area contributed by atoms with Gasteiger partial charge in [-0.05, 0) is 49.8 Å². The zero-order chi connectivity index (χ0) is 12.8. The van der Waals surface area contributed by atoms with Gasteiger partial charge in [-0.2, -0.15) is 0 Å². The molecular weight excluding hydrogens is 224 g/mol. The molecule has 100 valence electrons. The predicted molar refractivity (Wildman–Crippen MR) is 73.4 cm³/mol. The number of hydrogen-bond acceptors (Lipinski definition) is 3. The summed E-state index contributed by atoms with van der Waals surface area (Å²) in [5.41, 5.74) is 2.63. The van der Waals surface area contributed by atoms with Gasteiger partial charge in [0.2, 0.25) is 0 Å². The molecule has 1 aromatic rings. The number of rotatable bonds is 7. The highest BCUT2D eigenvalue weighted by Crippen LogP contribution is 2.29. The van der Waals surface area contributed by atoms with E-state index in [9.17, 15) is 0 Å². The zero-order valence-corrected chi connectivity index (χ0v) is 11.2. The molecular formula is C15H24N2O. The van der Waals surface area contributed by atoms with Gasteiger partial charge in [0, 0.05) is 12.8 Å². The largest absolute Gasteiger partial charge is 0.396 e. The molecule has 0 spiro atoms. The van der Waals surface area contributed by atoms with Crippen molar-refractivity contribution in [2.75, 3.05) is 13.2 Å². The van der Waals surface area contributed by atoms with E-state index in [2.05, 4.69) is 23.3 Å². The molecule has 0 aromatic carbocycles. The molecule has 1 aliphatic rings. The molecule has 2 atom stereocenters. The van der Waals surface area contributed by atoms with Gasteiger partial charge in [-0.3, -0.25) is 4.98 Å². The molecule has 0 bridgehead atoms. The Balaban J connectivity index is 1.87. The summed E-state index contributed by atoms with van der Waals surface area (Å²) in [7, 11) is 0. The van der Waals surface area contributed by atoms with E-state index >= 15 is 0 Å². The van der Waals surface area contributed by atoms with Crippen LogP contribution >= 0.6 is 0 Å². The average molecular weight is 248 g/mol. The molecule has 1 aliphatic carbocycles. The summed E-state index contributed by atoms with van der Waals surface area (Å²) in [6.45, 7) is 3.50. The lowest BCUT2D eigenvalue weighted by molar-refractivity contribution is 0.245. The van der Waals surface area contributed by atoms with Crippen molar-refractivity contribution in [2.24, 2.45) is 5.92 Å². The van der Waals surface area contributed by atoms with Gasteiger partial charge >= 0.3 is 0 Å². The van der Waals surface area contributed by atoms with Crippen LogP contribution in [-0.2, 0) is 6.42 Å². The van der Waals surface area contributed by atoms with Gasteiger partial charge in [0.25, 0.3) is 0 Å². The maximum Gasteiger partial charge on any atom is 0.0605 e. The number of fused-ring (bicyclic) bond motifs is 1. The molecule has 0 saturated heterocycles. The number of aryl methyl sites for hydroxylation is 1. The van der Waals surface area contributed by atoms with Crippen LogP contribution in [0.3, 0.4) is 0 Å². The number of nitrogens with one attached hydrogen (secondary N) is 1. The van der Waals surface area contributed by atoms with Crippen LogP contribution in [0.1, 0.15) is 49.9 Å². The van der Waals surface area contributed by atoms with Crippen molar-refractivity contribution >= 4 is 0 Å². The van der Waals surface area contributed by atoms with Crippen LogP contribution < -0.4 is 5.32 Å². The SMILES string of the molecule is CCCC(CCO)CNC1CCc2cccnc21. The lowest BCUT2D eigenvalue weighted by Gasteiger charge is -2.19. The Morgan fingerprint density at radius 3 is 3.17 bits per heavy atom. The molecule has 18 heavy (non-hydrogen) atoms. The Bertz CT molecular complexity index is 361. The Morgan fingerprint density at radius 2 is 2.39 bits per heavy atom. The first-order chi connectivity index (χ1) is 8.85. The highest BCUT2D eigenvalue weighted by atomic mass is 16.3. The maximum atomic E-state index is 9.07. The van der Waals surface area contributed by atoms with Crippen molar-refractivity contribution in [3.63, 3.8) is 0 Å². The van der Waals surface area contributed by atoms with E-state index in [4.69, 9.17) is 5.11 Å². The molecule has 2 rings (SSSR count). The second-order valence-electron chi connectivity index (χ2n) is 5.21. The zero-order valence-electron chi connectivity index (χ0n) is 11.2. The van der Waals surface area contributed by atoms with Crippen LogP contribution in [0.5, 0.6) is 0 Å². The first-order valence-corrected chi connectivity index (χ1v) is 7.13. The van der Waals surface area contributed by atoms with Gasteiger partial charge in [-0.15, -0.1) is 0 Å². The van der Waals surface area contributed by atoms with Gasteiger partial charge in [-0.1, -0.05) is 19.4 Å². The van der Waals surface area contributed by atoms with Crippen molar-refractivity contribution in [3.8, 4) is 0 Å². The van der Waals surface area contributed by atoms with Crippen LogP contribution in [0, 0.1) is 5.92 Å². The lowest BCUT2D eigenvalue weighted by atomic mass is 9.99. The highest BCUT2D eigenvalue weighted by molar-refractivity contribution is 5.27. The summed E-state index contributed by atoms with van der Waals surface area (Å²) in [5, 5.41) is 12.7. The van der Waals surface area contributed by atoms with E-state index < -0.39 is 0 Å². The minimum absolute atomic E-state index is 0.297. The van der Waals surface area contributed by atoms with Gasteiger partial charge < -0.3 is 10.4 Å². The molecule has 0 amide bonds. The standard InChI is InChI=1S/C15H24N2O/c1-2-4-12(8-10-18)11-17-14-7-6-13-5-3-9-16-15(13)14/h3,5,9,12,14,17-18H,2,4,6-8,10-11H2,1H3. The minimum atomic E-state index is 0.297. The van der Waals surface area contributed by atoms with Crippen molar-refractivity contribution < 1.29 is 5.11 Å². The third-order valence-electron chi connectivity index (χ3n) is 3.85. The Kier molecular flexibility index (Phi) is 5.14. The normalized spacial score (nSPS) is 19.8.